The van der Waals surface area contributed by atoms with Crippen molar-refractivity contribution in [2.24, 2.45) is 5.73 Å². The molecule has 0 aliphatic rings. The van der Waals surface area contributed by atoms with E-state index in [4.69, 9.17) is 15.6 Å². The smallest absolute Gasteiger partial charge is 0.872 e. The van der Waals surface area contributed by atoms with Crippen LogP contribution in [0.1, 0.15) is 9.49 Å². The normalized spacial score (nSPS) is 12.8. The Bertz CT molecular complexity index is 704. The summed E-state index contributed by atoms with van der Waals surface area (Å²) < 4.78 is 6.98. The maximum Gasteiger partial charge on any atom is 1.00 e. The molecule has 0 aromatic heterocycles. The largest absolute Gasteiger partial charge is 1.00 e. The second-order valence-electron chi connectivity index (χ2n) is 4.65. The zero-order valence-electron chi connectivity index (χ0n) is 12.5. The van der Waals surface area contributed by atoms with Gasteiger partial charge in [-0.05, 0) is 62.9 Å². The van der Waals surface area contributed by atoms with Gasteiger partial charge in [-0.15, -0.1) is 5.75 Å². The topological polar surface area (TPSA) is 95.6 Å². The summed E-state index contributed by atoms with van der Waals surface area (Å²) in [7, 11) is 0. The van der Waals surface area contributed by atoms with E-state index in [9.17, 15) is 9.90 Å². The third-order valence-electron chi connectivity index (χ3n) is 2.99. The Morgan fingerprint density at radius 2 is 1.67 bits per heavy atom. The number of hydrogen-bond acceptors (Lipinski definition) is 4. The molecular weight excluding hydrogens is 662 g/mol. The maximum absolute atomic E-state index is 11.4. The average molecular weight is 673 g/mol. The summed E-state index contributed by atoms with van der Waals surface area (Å²) in [6.45, 7) is 0. The van der Waals surface area contributed by atoms with E-state index in [0.29, 0.717) is 11.5 Å². The molecule has 0 heterocycles. The van der Waals surface area contributed by atoms with E-state index in [1.165, 1.54) is 12.1 Å². The van der Waals surface area contributed by atoms with Crippen LogP contribution in [0.15, 0.2) is 36.4 Å². The molecule has 2 atom stereocenters. The molecule has 0 saturated carbocycles. The van der Waals surface area contributed by atoms with Gasteiger partial charge >= 0.3 is 35.5 Å². The molecule has 24 heavy (non-hydrogen) atoms. The van der Waals surface area contributed by atoms with Crippen molar-refractivity contribution in [3.05, 3.63) is 49.1 Å². The van der Waals surface area contributed by atoms with Crippen LogP contribution in [-0.2, 0) is 4.79 Å². The van der Waals surface area contributed by atoms with E-state index in [-0.39, 0.29) is 39.2 Å². The fraction of sp³-hybridized carbons (Fsp3) is 0.133. The summed E-state index contributed by atoms with van der Waals surface area (Å²) in [5.74, 6) is 0.144. The molecule has 0 fully saturated rings. The number of carboxylic acid groups (broad SMARTS) is 1. The zero-order chi connectivity index (χ0) is 17.1. The van der Waals surface area contributed by atoms with Gasteiger partial charge in [-0.25, -0.2) is 0 Å². The van der Waals surface area contributed by atoms with Crippen molar-refractivity contribution < 1.29 is 49.3 Å². The Balaban J connectivity index is 0.00000288. The standard InChI is InChI=1S/C15H12I3NO4.Na/c16-10-5-8(20)6-11(17)14(10)23-9-3-1-7(2-4-9)12(18)13(19)15(21)22;/h1-6,12-13,20H,19H2,(H,21,22);/q;+1/p-1/t12-,13-;/m0./s1. The van der Waals surface area contributed by atoms with Crippen LogP contribution in [0.25, 0.3) is 0 Å². The predicted octanol–water partition coefficient (Wildman–Crippen LogP) is 0.654. The zero-order valence-corrected chi connectivity index (χ0v) is 21.0. The van der Waals surface area contributed by atoms with Gasteiger partial charge in [-0.1, -0.05) is 46.9 Å². The van der Waals surface area contributed by atoms with Crippen molar-refractivity contribution in [3.63, 3.8) is 0 Å². The van der Waals surface area contributed by atoms with Crippen LogP contribution in [0.4, 0.5) is 0 Å². The minimum Gasteiger partial charge on any atom is -0.872 e. The second-order valence-corrected chi connectivity index (χ2v) is 8.32. The van der Waals surface area contributed by atoms with Crippen LogP contribution in [0.5, 0.6) is 17.2 Å². The Kier molecular flexibility index (Phi) is 9.57. The van der Waals surface area contributed by atoms with Gasteiger partial charge in [0.2, 0.25) is 0 Å². The third kappa shape index (κ3) is 5.84. The number of ether oxygens (including phenoxy) is 1. The fourth-order valence-electron chi connectivity index (χ4n) is 1.80. The molecule has 3 N–H and O–H groups in total. The number of nitrogens with two attached hydrogens (primary N) is 1. The second kappa shape index (κ2) is 10.1. The summed E-state index contributed by atoms with van der Waals surface area (Å²) in [6.07, 6.45) is 0. The molecule has 0 aliphatic heterocycles. The molecule has 0 unspecified atom stereocenters. The number of benzene rings is 2. The molecule has 5 nitrogen and oxygen atoms in total. The van der Waals surface area contributed by atoms with Crippen molar-refractivity contribution in [1.82, 2.24) is 0 Å². The molecule has 2 aromatic rings. The average Bonchev–Trinajstić information content (AvgIpc) is 2.50. The first-order chi connectivity index (χ1) is 10.8. The Morgan fingerprint density at radius 1 is 1.17 bits per heavy atom. The molecule has 2 aromatic carbocycles. The van der Waals surface area contributed by atoms with Gasteiger partial charge < -0.3 is 20.7 Å². The SMILES string of the molecule is N[C@H](C(=O)O)[C@@H](I)c1ccc(Oc2c(I)cc([O-])cc2I)cc1.[Na+]. The minimum absolute atomic E-state index is 0. The summed E-state index contributed by atoms with van der Waals surface area (Å²) in [4.78, 5) is 10.9. The molecule has 0 aliphatic carbocycles. The van der Waals surface area contributed by atoms with Crippen LogP contribution >= 0.6 is 67.8 Å². The molecule has 122 valence electrons. The van der Waals surface area contributed by atoms with E-state index < -0.39 is 12.0 Å². The van der Waals surface area contributed by atoms with Crippen molar-refractivity contribution >= 4 is 73.7 Å². The van der Waals surface area contributed by atoms with Gasteiger partial charge in [0.15, 0.2) is 5.75 Å². The third-order valence-corrected chi connectivity index (χ3v) is 6.09. The van der Waals surface area contributed by atoms with E-state index in [0.717, 1.165) is 12.7 Å². The molecule has 0 spiro atoms. The summed E-state index contributed by atoms with van der Waals surface area (Å²) in [6, 6.07) is 9.15. The van der Waals surface area contributed by atoms with Crippen LogP contribution in [0.3, 0.4) is 0 Å². The van der Waals surface area contributed by atoms with Gasteiger partial charge in [0.25, 0.3) is 0 Å². The first kappa shape index (κ1) is 22.7. The number of rotatable bonds is 5. The molecule has 0 amide bonds. The summed E-state index contributed by atoms with van der Waals surface area (Å²) >= 11 is 6.13. The quantitative estimate of drug-likeness (QED) is 0.277. The van der Waals surface area contributed by atoms with Gasteiger partial charge in [0.05, 0.1) is 11.1 Å². The molecule has 2 rings (SSSR count). The van der Waals surface area contributed by atoms with E-state index in [1.807, 2.05) is 22.6 Å². The Morgan fingerprint density at radius 3 is 2.12 bits per heavy atom. The van der Waals surface area contributed by atoms with Crippen molar-refractivity contribution in [1.29, 1.82) is 0 Å². The summed E-state index contributed by atoms with van der Waals surface area (Å²) in [5, 5.41) is 20.4. The Hall–Kier alpha value is 0.660. The van der Waals surface area contributed by atoms with Crippen LogP contribution in [-0.4, -0.2) is 17.1 Å². The van der Waals surface area contributed by atoms with Gasteiger partial charge in [-0.3, -0.25) is 4.79 Å². The van der Waals surface area contributed by atoms with Crippen molar-refractivity contribution in [3.8, 4) is 17.2 Å². The van der Waals surface area contributed by atoms with Gasteiger partial charge in [-0.2, -0.15) is 0 Å². The van der Waals surface area contributed by atoms with Crippen LogP contribution in [0.2, 0.25) is 0 Å². The molecule has 0 radical (unpaired) electrons. The molecule has 9 heteroatoms. The molecular formula is C15H11I3NNaO4. The summed E-state index contributed by atoms with van der Waals surface area (Å²) in [5.41, 5.74) is 6.45. The Labute approximate surface area is 202 Å². The number of halogens is 3. The number of hydrogen-bond donors (Lipinski definition) is 2. The first-order valence-electron chi connectivity index (χ1n) is 6.36. The first-order valence-corrected chi connectivity index (χ1v) is 9.76. The number of aliphatic carboxylic acids is 1. The van der Waals surface area contributed by atoms with Gasteiger partial charge in [0, 0.05) is 0 Å². The van der Waals surface area contributed by atoms with E-state index in [2.05, 4.69) is 45.2 Å². The maximum atomic E-state index is 11.4. The molecule has 0 bridgehead atoms. The molecule has 0 saturated heterocycles. The minimum atomic E-state index is -1.04. The van der Waals surface area contributed by atoms with Crippen molar-refractivity contribution in [2.45, 2.75) is 9.97 Å². The number of alkyl halides is 1. The van der Waals surface area contributed by atoms with Crippen LogP contribution in [0, 0.1) is 7.14 Å². The van der Waals surface area contributed by atoms with Gasteiger partial charge in [0.1, 0.15) is 11.8 Å². The predicted molar refractivity (Wildman–Crippen MR) is 110 cm³/mol. The van der Waals surface area contributed by atoms with E-state index >= 15 is 0 Å². The van der Waals surface area contributed by atoms with Crippen molar-refractivity contribution in [2.75, 3.05) is 0 Å². The number of carboxylic acids is 1. The van der Waals surface area contributed by atoms with E-state index in [1.54, 1.807) is 24.3 Å². The van der Waals surface area contributed by atoms with Crippen LogP contribution < -0.4 is 45.1 Å². The fourth-order valence-corrected chi connectivity index (χ4v) is 4.46. The number of carbonyl (C=O) groups is 1. The monoisotopic (exact) mass is 673 g/mol.